The van der Waals surface area contributed by atoms with E-state index in [1.807, 2.05) is 0 Å². The van der Waals surface area contributed by atoms with Crippen molar-refractivity contribution < 1.29 is 0 Å². The maximum atomic E-state index is 2.38. The lowest BCUT2D eigenvalue weighted by molar-refractivity contribution is 0.300. The summed E-state index contributed by atoms with van der Waals surface area (Å²) in [6.45, 7) is 9.44. The predicted octanol–water partition coefficient (Wildman–Crippen LogP) is 3.81. The molecule has 0 N–H and O–H groups in total. The van der Waals surface area contributed by atoms with Crippen molar-refractivity contribution >= 4 is 16.3 Å². The summed E-state index contributed by atoms with van der Waals surface area (Å²) in [5.74, 6) is 1.01. The van der Waals surface area contributed by atoms with E-state index in [-0.39, 0.29) is 0 Å². The van der Waals surface area contributed by atoms with Crippen molar-refractivity contribution in [1.82, 2.24) is 0 Å². The smallest absolute Gasteiger partial charge is 0.0775 e. The minimum atomic E-state index is 0.740. The summed E-state index contributed by atoms with van der Waals surface area (Å²) in [5.41, 5.74) is 0. The molecule has 0 aliphatic heterocycles. The van der Waals surface area contributed by atoms with Crippen molar-refractivity contribution in [2.45, 2.75) is 70.5 Å². The first kappa shape index (κ1) is 13.5. The Labute approximate surface area is 92.9 Å². The van der Waals surface area contributed by atoms with Crippen LogP contribution < -0.4 is 0 Å². The van der Waals surface area contributed by atoms with E-state index in [1.54, 1.807) is 0 Å². The molecule has 1 atom stereocenters. The Morgan fingerprint density at radius 2 is 1.62 bits per heavy atom. The molecule has 78 valence electrons. The Morgan fingerprint density at radius 1 is 1.08 bits per heavy atom. The predicted molar refractivity (Wildman–Crippen MR) is 65.1 cm³/mol. The van der Waals surface area contributed by atoms with E-state index in [0.29, 0.717) is 0 Å². The van der Waals surface area contributed by atoms with Gasteiger partial charge >= 0.3 is 0 Å². The van der Waals surface area contributed by atoms with Crippen LogP contribution in [0.2, 0.25) is 4.28 Å². The van der Waals surface area contributed by atoms with Gasteiger partial charge in [-0.2, -0.15) is 0 Å². The van der Waals surface area contributed by atoms with Crippen molar-refractivity contribution in [2.75, 3.05) is 0 Å². The summed E-state index contributed by atoms with van der Waals surface area (Å²) in [5, 5.41) is 0. The van der Waals surface area contributed by atoms with Crippen LogP contribution in [0.3, 0.4) is 0 Å². The highest BCUT2D eigenvalue weighted by atomic mass is 27.0. The molecule has 1 unspecified atom stereocenters. The third kappa shape index (κ3) is 4.05. The molecule has 0 aliphatic carbocycles. The van der Waals surface area contributed by atoms with Gasteiger partial charge in [-0.1, -0.05) is 70.5 Å². The third-order valence-electron chi connectivity index (χ3n) is 4.00. The van der Waals surface area contributed by atoms with E-state index in [9.17, 15) is 0 Å². The number of rotatable bonds is 7. The van der Waals surface area contributed by atoms with Crippen molar-refractivity contribution in [1.29, 1.82) is 0 Å². The maximum Gasteiger partial charge on any atom is 0.221 e. The molecule has 0 aromatic heterocycles. The van der Waals surface area contributed by atoms with Gasteiger partial charge in [0.05, 0.1) is 0 Å². The summed E-state index contributed by atoms with van der Waals surface area (Å²) in [6, 6.07) is 0. The van der Waals surface area contributed by atoms with Gasteiger partial charge < -0.3 is 0 Å². The van der Waals surface area contributed by atoms with Gasteiger partial charge in [0.15, 0.2) is 0 Å². The van der Waals surface area contributed by atoms with Crippen LogP contribution >= 0.6 is 0 Å². The summed E-state index contributed by atoms with van der Waals surface area (Å²) in [4.78, 5) is 0. The lowest BCUT2D eigenvalue weighted by Crippen LogP contribution is -2.22. The van der Waals surface area contributed by atoms with Crippen LogP contribution in [0, 0.1) is 5.92 Å². The van der Waals surface area contributed by atoms with Crippen molar-refractivity contribution in [3.8, 4) is 0 Å². The molecule has 0 radical (unpaired) electrons. The average molecular weight is 198 g/mol. The molecule has 0 aromatic carbocycles. The lowest BCUT2D eigenvalue weighted by atomic mass is 9.81. The summed E-state index contributed by atoms with van der Waals surface area (Å²) < 4.78 is 0.740. The summed E-state index contributed by atoms with van der Waals surface area (Å²) in [6.07, 6.45) is 8.46. The van der Waals surface area contributed by atoms with Gasteiger partial charge in [-0.25, -0.2) is 0 Å². The molecule has 0 amide bonds. The Morgan fingerprint density at radius 3 is 1.92 bits per heavy atom. The van der Waals surface area contributed by atoms with Gasteiger partial charge in [0.2, 0.25) is 16.3 Å². The first-order chi connectivity index (χ1) is 6.14. The molecule has 0 saturated carbocycles. The average Bonchev–Trinajstić information content (AvgIpc) is 2.18. The Kier molecular flexibility index (Phi) is 7.19. The normalized spacial score (nSPS) is 14.5. The fourth-order valence-electron chi connectivity index (χ4n) is 2.32. The SMILES string of the molecule is CCCCC(CC)[C]([AlH2])(CC)CC. The highest BCUT2D eigenvalue weighted by Crippen LogP contribution is 2.43. The summed E-state index contributed by atoms with van der Waals surface area (Å²) >= 11 is 1.38. The fourth-order valence-corrected chi connectivity index (χ4v) is 3.02. The van der Waals surface area contributed by atoms with E-state index >= 15 is 0 Å². The molecule has 0 spiro atoms. The minimum absolute atomic E-state index is 0.740. The standard InChI is InChI=1S/C12H25.Al.2H/c1-5-9-10-12(8-4)11(6-2)7-3;;;/h12H,5-10H2,1-4H3;;;. The zero-order valence-electron chi connectivity index (χ0n) is 10.3. The molecule has 1 heteroatoms. The molecule has 0 aromatic rings. The topological polar surface area (TPSA) is 0 Å². The van der Waals surface area contributed by atoms with Gasteiger partial charge in [0, 0.05) is 0 Å². The molecular formula is C12H27Al. The zero-order chi connectivity index (χ0) is 10.3. The quantitative estimate of drug-likeness (QED) is 0.546. The molecule has 0 fully saturated rings. The molecule has 0 heterocycles. The molecule has 0 rings (SSSR count). The molecule has 0 saturated heterocycles. The van der Waals surface area contributed by atoms with Gasteiger partial charge in [-0.15, -0.1) is 0 Å². The number of hydrogen-bond donors (Lipinski definition) is 0. The largest absolute Gasteiger partial charge is 0.221 e. The van der Waals surface area contributed by atoms with Crippen LogP contribution in [0.15, 0.2) is 0 Å². The Bertz CT molecular complexity index is 116. The van der Waals surface area contributed by atoms with Gasteiger partial charge in [-0.3, -0.25) is 0 Å². The van der Waals surface area contributed by atoms with Crippen LogP contribution in [0.25, 0.3) is 0 Å². The van der Waals surface area contributed by atoms with Crippen molar-refractivity contribution in [3.05, 3.63) is 0 Å². The number of hydrogen-bond acceptors (Lipinski definition) is 0. The van der Waals surface area contributed by atoms with E-state index in [0.717, 1.165) is 10.2 Å². The maximum absolute atomic E-state index is 2.38. The summed E-state index contributed by atoms with van der Waals surface area (Å²) in [7, 11) is 0. The van der Waals surface area contributed by atoms with Crippen LogP contribution in [0.1, 0.15) is 66.2 Å². The van der Waals surface area contributed by atoms with E-state index in [4.69, 9.17) is 0 Å². The number of unbranched alkanes of at least 4 members (excludes halogenated alkanes) is 1. The molecular weight excluding hydrogens is 171 g/mol. The van der Waals surface area contributed by atoms with Crippen LogP contribution in [0.5, 0.6) is 0 Å². The Hall–Kier alpha value is 0.532. The molecule has 13 heavy (non-hydrogen) atoms. The van der Waals surface area contributed by atoms with E-state index in [2.05, 4.69) is 27.7 Å². The monoisotopic (exact) mass is 198 g/mol. The van der Waals surface area contributed by atoms with Crippen LogP contribution in [-0.4, -0.2) is 16.3 Å². The first-order valence-corrected chi connectivity index (χ1v) is 7.14. The molecule has 0 nitrogen and oxygen atoms in total. The van der Waals surface area contributed by atoms with Gasteiger partial charge in [-0.05, 0) is 5.92 Å². The second kappa shape index (κ2) is 6.91. The molecule has 0 bridgehead atoms. The van der Waals surface area contributed by atoms with Crippen LogP contribution in [-0.2, 0) is 0 Å². The lowest BCUT2D eigenvalue weighted by Gasteiger charge is -2.36. The highest BCUT2D eigenvalue weighted by Gasteiger charge is 2.28. The molecule has 0 aliphatic rings. The van der Waals surface area contributed by atoms with Crippen molar-refractivity contribution in [2.24, 2.45) is 5.92 Å². The second-order valence-electron chi connectivity index (χ2n) is 4.61. The van der Waals surface area contributed by atoms with Gasteiger partial charge in [0.25, 0.3) is 0 Å². The van der Waals surface area contributed by atoms with Crippen molar-refractivity contribution in [3.63, 3.8) is 0 Å². The highest BCUT2D eigenvalue weighted by molar-refractivity contribution is 6.15. The van der Waals surface area contributed by atoms with E-state index in [1.165, 1.54) is 54.8 Å². The Balaban J connectivity index is 4.16. The van der Waals surface area contributed by atoms with E-state index < -0.39 is 0 Å². The first-order valence-electron chi connectivity index (χ1n) is 6.14. The van der Waals surface area contributed by atoms with Gasteiger partial charge in [0.1, 0.15) is 0 Å². The van der Waals surface area contributed by atoms with Crippen LogP contribution in [0.4, 0.5) is 0 Å². The zero-order valence-corrected chi connectivity index (χ0v) is 12.3. The fraction of sp³-hybridized carbons (Fsp3) is 1.00. The minimum Gasteiger partial charge on any atom is -0.0775 e. The third-order valence-corrected chi connectivity index (χ3v) is 6.23. The second-order valence-corrected chi connectivity index (χ2v) is 6.60.